The molecule has 1 aromatic carbocycles. The molecule has 0 bridgehead atoms. The topological polar surface area (TPSA) is 121 Å². The van der Waals surface area contributed by atoms with Gasteiger partial charge in [-0.25, -0.2) is 4.39 Å². The first-order valence-electron chi connectivity index (χ1n) is 8.54. The molecule has 3 unspecified atom stereocenters. The maximum atomic E-state index is 14.5. The number of aliphatic hydroxyl groups is 2. The van der Waals surface area contributed by atoms with Crippen LogP contribution in [0.5, 0.6) is 5.75 Å². The highest BCUT2D eigenvalue weighted by atomic mass is 19.1. The summed E-state index contributed by atoms with van der Waals surface area (Å²) in [5, 5.41) is 22.1. The molecule has 1 aliphatic heterocycles. The van der Waals surface area contributed by atoms with E-state index in [-0.39, 0.29) is 16.7 Å². The van der Waals surface area contributed by atoms with Gasteiger partial charge in [0.05, 0.1) is 41.8 Å². The Morgan fingerprint density at radius 1 is 1.32 bits per heavy atom. The smallest absolute Gasteiger partial charge is 0.256 e. The highest BCUT2D eigenvalue weighted by molar-refractivity contribution is 6.35. The van der Waals surface area contributed by atoms with Crippen molar-refractivity contribution in [3.05, 3.63) is 47.0 Å². The third kappa shape index (κ3) is 3.64. The van der Waals surface area contributed by atoms with E-state index in [0.717, 1.165) is 0 Å². The second kappa shape index (κ2) is 7.86. The van der Waals surface area contributed by atoms with E-state index in [1.54, 1.807) is 18.3 Å². The average Bonchev–Trinajstić information content (AvgIpc) is 3.24. The number of fused-ring (bicyclic) bond motifs is 1. The lowest BCUT2D eigenvalue weighted by Crippen LogP contribution is -2.42. The molecule has 1 amide bonds. The van der Waals surface area contributed by atoms with Gasteiger partial charge in [0.2, 0.25) is 0 Å². The number of nitrogens with one attached hydrogen (secondary N) is 2. The Bertz CT molecular complexity index is 1000. The number of anilines is 1. The van der Waals surface area contributed by atoms with Crippen molar-refractivity contribution in [1.29, 1.82) is 0 Å². The highest BCUT2D eigenvalue weighted by Crippen LogP contribution is 2.37. The molecule has 8 heteroatoms. The molecular weight excluding hydrogens is 365 g/mol. The molecule has 0 radical (unpaired) electrons. The van der Waals surface area contributed by atoms with Crippen LogP contribution in [-0.4, -0.2) is 46.5 Å². The number of H-pyrrole nitrogens is 1. The maximum Gasteiger partial charge on any atom is 0.256 e. The standard InChI is InChI=1S/C20H20FN3O4/c1-10(25)19(22)16(26)6-3-11-13(21)4-5-14-18(11)12(20(27)24-14)9-15-17(28-2)7-8-23-15/h4-5,7-10,16,19,23,25-26H,22H2,1-2H3,(H,24,27). The van der Waals surface area contributed by atoms with E-state index in [1.165, 1.54) is 26.2 Å². The van der Waals surface area contributed by atoms with Gasteiger partial charge >= 0.3 is 0 Å². The van der Waals surface area contributed by atoms with Crippen LogP contribution in [0.2, 0.25) is 0 Å². The number of hydrogen-bond donors (Lipinski definition) is 5. The van der Waals surface area contributed by atoms with Crippen LogP contribution in [0.25, 0.3) is 11.6 Å². The zero-order chi connectivity index (χ0) is 20.4. The molecule has 146 valence electrons. The van der Waals surface area contributed by atoms with E-state index in [1.807, 2.05) is 0 Å². The van der Waals surface area contributed by atoms with E-state index in [9.17, 15) is 19.4 Å². The molecule has 6 N–H and O–H groups in total. The van der Waals surface area contributed by atoms with Gasteiger partial charge in [-0.1, -0.05) is 11.8 Å². The monoisotopic (exact) mass is 385 g/mol. The number of carbonyl (C=O) groups is 1. The summed E-state index contributed by atoms with van der Waals surface area (Å²) in [4.78, 5) is 15.4. The van der Waals surface area contributed by atoms with Gasteiger partial charge in [-0.2, -0.15) is 0 Å². The van der Waals surface area contributed by atoms with Crippen LogP contribution in [0.4, 0.5) is 10.1 Å². The number of carbonyl (C=O) groups excluding carboxylic acids is 1. The van der Waals surface area contributed by atoms with E-state index < -0.39 is 30.0 Å². The van der Waals surface area contributed by atoms with Gasteiger partial charge in [0.25, 0.3) is 5.91 Å². The summed E-state index contributed by atoms with van der Waals surface area (Å²) in [6, 6.07) is 3.31. The summed E-state index contributed by atoms with van der Waals surface area (Å²) in [6.45, 7) is 1.42. The summed E-state index contributed by atoms with van der Waals surface area (Å²) in [5.41, 5.74) is 7.04. The number of nitrogens with two attached hydrogens (primary N) is 1. The lowest BCUT2D eigenvalue weighted by molar-refractivity contribution is -0.110. The van der Waals surface area contributed by atoms with Gasteiger partial charge in [-0.3, -0.25) is 4.79 Å². The van der Waals surface area contributed by atoms with Gasteiger partial charge in [0.15, 0.2) is 0 Å². The molecule has 28 heavy (non-hydrogen) atoms. The molecule has 0 fully saturated rings. The highest BCUT2D eigenvalue weighted by Gasteiger charge is 2.29. The molecule has 0 saturated carbocycles. The number of aromatic nitrogens is 1. The van der Waals surface area contributed by atoms with Gasteiger partial charge < -0.3 is 31.0 Å². The Hall–Kier alpha value is -3.12. The third-order valence-corrected chi connectivity index (χ3v) is 4.43. The number of aromatic amines is 1. The summed E-state index contributed by atoms with van der Waals surface area (Å²) in [7, 11) is 1.50. The Morgan fingerprint density at radius 3 is 2.75 bits per heavy atom. The van der Waals surface area contributed by atoms with Crippen LogP contribution in [0.15, 0.2) is 24.4 Å². The first kappa shape index (κ1) is 19.6. The van der Waals surface area contributed by atoms with Crippen molar-refractivity contribution in [2.24, 2.45) is 5.73 Å². The van der Waals surface area contributed by atoms with Gasteiger partial charge in [0, 0.05) is 11.8 Å². The molecule has 2 heterocycles. The number of hydrogen-bond acceptors (Lipinski definition) is 5. The quantitative estimate of drug-likeness (QED) is 0.398. The van der Waals surface area contributed by atoms with E-state index >= 15 is 0 Å². The number of amides is 1. The van der Waals surface area contributed by atoms with Crippen molar-refractivity contribution in [3.63, 3.8) is 0 Å². The van der Waals surface area contributed by atoms with Crippen LogP contribution in [0, 0.1) is 17.7 Å². The lowest BCUT2D eigenvalue weighted by Gasteiger charge is -2.16. The molecule has 0 spiro atoms. The number of ether oxygens (including phenoxy) is 1. The minimum absolute atomic E-state index is 0.0514. The van der Waals surface area contributed by atoms with Crippen LogP contribution in [0.1, 0.15) is 23.7 Å². The Kier molecular flexibility index (Phi) is 5.51. The normalized spacial score (nSPS) is 17.4. The predicted octanol–water partition coefficient (Wildman–Crippen LogP) is 1.08. The second-order valence-corrected chi connectivity index (χ2v) is 6.35. The van der Waals surface area contributed by atoms with E-state index in [0.29, 0.717) is 17.1 Å². The lowest BCUT2D eigenvalue weighted by atomic mass is 9.98. The Labute approximate surface area is 161 Å². The van der Waals surface area contributed by atoms with Crippen molar-refractivity contribution in [3.8, 4) is 17.6 Å². The molecule has 1 aliphatic rings. The number of benzene rings is 1. The average molecular weight is 385 g/mol. The maximum absolute atomic E-state index is 14.5. The number of aliphatic hydroxyl groups excluding tert-OH is 2. The van der Waals surface area contributed by atoms with Crippen molar-refractivity contribution in [2.75, 3.05) is 12.4 Å². The Morgan fingerprint density at radius 2 is 2.07 bits per heavy atom. The minimum atomic E-state index is -1.36. The van der Waals surface area contributed by atoms with Crippen LogP contribution < -0.4 is 15.8 Å². The van der Waals surface area contributed by atoms with Crippen molar-refractivity contribution in [1.82, 2.24) is 4.98 Å². The SMILES string of the molecule is COc1cc[nH]c1C=C1C(=O)Nc2ccc(F)c(C#CC(O)C(N)C(C)O)c21. The fourth-order valence-electron chi connectivity index (χ4n) is 2.83. The van der Waals surface area contributed by atoms with Crippen LogP contribution in [-0.2, 0) is 4.79 Å². The van der Waals surface area contributed by atoms with Crippen molar-refractivity contribution >= 4 is 23.2 Å². The van der Waals surface area contributed by atoms with Gasteiger partial charge in [-0.15, -0.1) is 0 Å². The molecule has 2 aromatic rings. The summed E-state index contributed by atoms with van der Waals surface area (Å²) in [5.74, 6) is 4.48. The first-order chi connectivity index (χ1) is 13.3. The predicted molar refractivity (Wildman–Crippen MR) is 103 cm³/mol. The van der Waals surface area contributed by atoms with Gasteiger partial charge in [-0.05, 0) is 31.2 Å². The van der Waals surface area contributed by atoms with Crippen molar-refractivity contribution < 1.29 is 24.1 Å². The Balaban J connectivity index is 2.09. The summed E-state index contributed by atoms with van der Waals surface area (Å²) < 4.78 is 19.7. The van der Waals surface area contributed by atoms with E-state index in [2.05, 4.69) is 22.1 Å². The molecular formula is C20H20FN3O4. The fourth-order valence-corrected chi connectivity index (χ4v) is 2.83. The number of halogens is 1. The zero-order valence-electron chi connectivity index (χ0n) is 15.3. The molecule has 3 rings (SSSR count). The number of methoxy groups -OCH3 is 1. The van der Waals surface area contributed by atoms with E-state index in [4.69, 9.17) is 10.5 Å². The fraction of sp³-hybridized carbons (Fsp3) is 0.250. The molecule has 0 aliphatic carbocycles. The molecule has 3 atom stereocenters. The summed E-state index contributed by atoms with van der Waals surface area (Å²) >= 11 is 0. The second-order valence-electron chi connectivity index (χ2n) is 6.35. The number of rotatable bonds is 4. The van der Waals surface area contributed by atoms with Crippen molar-refractivity contribution in [2.45, 2.75) is 25.2 Å². The zero-order valence-corrected chi connectivity index (χ0v) is 15.3. The minimum Gasteiger partial charge on any atom is -0.495 e. The molecule has 7 nitrogen and oxygen atoms in total. The first-order valence-corrected chi connectivity index (χ1v) is 8.54. The molecule has 0 saturated heterocycles. The molecule has 1 aromatic heterocycles. The summed E-state index contributed by atoms with van der Waals surface area (Å²) in [6.07, 6.45) is 0.840. The van der Waals surface area contributed by atoms with Gasteiger partial charge in [0.1, 0.15) is 17.7 Å². The van der Waals surface area contributed by atoms with Crippen LogP contribution in [0.3, 0.4) is 0 Å². The third-order valence-electron chi connectivity index (χ3n) is 4.43. The largest absolute Gasteiger partial charge is 0.495 e. The van der Waals surface area contributed by atoms with Crippen LogP contribution >= 0.6 is 0 Å².